The first-order valence-electron chi connectivity index (χ1n) is 11.6. The maximum Gasteiger partial charge on any atom is 0.345 e. The van der Waals surface area contributed by atoms with Crippen LogP contribution >= 0.6 is 11.3 Å². The van der Waals surface area contributed by atoms with Crippen molar-refractivity contribution in [1.29, 1.82) is 0 Å². The molecule has 6 heteroatoms. The molecule has 0 atom stereocenters. The molecule has 0 fully saturated rings. The Balaban J connectivity index is 1.52. The van der Waals surface area contributed by atoms with Gasteiger partial charge in [-0.05, 0) is 60.7 Å². The highest BCUT2D eigenvalue weighted by Crippen LogP contribution is 2.36. The van der Waals surface area contributed by atoms with Crippen LogP contribution in [0.3, 0.4) is 0 Å². The molecular formula is C28H27N3O2S. The summed E-state index contributed by atoms with van der Waals surface area (Å²) in [5, 5.41) is 9.52. The van der Waals surface area contributed by atoms with Crippen molar-refractivity contribution in [3.8, 4) is 16.9 Å². The number of thiophene rings is 1. The number of nitrogens with zero attached hydrogens (tertiary/aromatic N) is 3. The van der Waals surface area contributed by atoms with Gasteiger partial charge < -0.3 is 14.2 Å². The molecule has 172 valence electrons. The number of aromatic nitrogens is 3. The largest absolute Gasteiger partial charge is 0.477 e. The molecule has 5 rings (SSSR count). The number of carboxylic acids is 1. The first-order valence-corrected chi connectivity index (χ1v) is 12.4. The topological polar surface area (TPSA) is 60.0 Å². The predicted octanol–water partition coefficient (Wildman–Crippen LogP) is 6.76. The minimum Gasteiger partial charge on any atom is -0.477 e. The normalized spacial score (nSPS) is 11.4. The van der Waals surface area contributed by atoms with Gasteiger partial charge in [0.2, 0.25) is 0 Å². The maximum atomic E-state index is 11.6. The molecule has 0 radical (unpaired) electrons. The molecule has 0 aliphatic carbocycles. The Kier molecular flexibility index (Phi) is 6.07. The molecular weight excluding hydrogens is 442 g/mol. The minimum absolute atomic E-state index is 0.376. The summed E-state index contributed by atoms with van der Waals surface area (Å²) < 4.78 is 5.27. The van der Waals surface area contributed by atoms with Gasteiger partial charge in [-0.3, -0.25) is 0 Å². The number of benzene rings is 2. The Morgan fingerprint density at radius 3 is 2.44 bits per heavy atom. The third-order valence-corrected chi connectivity index (χ3v) is 7.33. The summed E-state index contributed by atoms with van der Waals surface area (Å²) in [5.74, 6) is -0.873. The zero-order valence-corrected chi connectivity index (χ0v) is 20.2. The number of carbonyl (C=O) groups is 1. The highest BCUT2D eigenvalue weighted by molar-refractivity contribution is 7.20. The summed E-state index contributed by atoms with van der Waals surface area (Å²) in [4.78, 5) is 16.1. The third kappa shape index (κ3) is 4.29. The average Bonchev–Trinajstić information content (AvgIpc) is 3.56. The van der Waals surface area contributed by atoms with E-state index in [2.05, 4.69) is 71.9 Å². The van der Waals surface area contributed by atoms with Gasteiger partial charge in [0, 0.05) is 30.2 Å². The zero-order valence-electron chi connectivity index (χ0n) is 19.4. The number of hydrogen-bond acceptors (Lipinski definition) is 3. The first-order chi connectivity index (χ1) is 16.5. The Morgan fingerprint density at radius 1 is 1.03 bits per heavy atom. The molecule has 3 aromatic heterocycles. The smallest absolute Gasteiger partial charge is 0.345 e. The summed E-state index contributed by atoms with van der Waals surface area (Å²) in [7, 11) is 0. The molecule has 3 heterocycles. The van der Waals surface area contributed by atoms with Crippen LogP contribution in [0.1, 0.15) is 39.7 Å². The molecule has 1 N–H and O–H groups in total. The van der Waals surface area contributed by atoms with Gasteiger partial charge in [-0.2, -0.15) is 0 Å². The zero-order chi connectivity index (χ0) is 23.7. The summed E-state index contributed by atoms with van der Waals surface area (Å²) in [5.41, 5.74) is 8.15. The van der Waals surface area contributed by atoms with Crippen LogP contribution in [-0.2, 0) is 19.4 Å². The van der Waals surface area contributed by atoms with Gasteiger partial charge in [0.05, 0.1) is 22.2 Å². The van der Waals surface area contributed by atoms with Gasteiger partial charge in [-0.25, -0.2) is 9.78 Å². The van der Waals surface area contributed by atoms with E-state index in [1.54, 1.807) is 12.5 Å². The lowest BCUT2D eigenvalue weighted by atomic mass is 10.0. The van der Waals surface area contributed by atoms with Gasteiger partial charge in [0.15, 0.2) is 0 Å². The van der Waals surface area contributed by atoms with Gasteiger partial charge in [0.25, 0.3) is 0 Å². The molecule has 0 unspecified atom stereocenters. The summed E-state index contributed by atoms with van der Waals surface area (Å²) in [6.07, 6.45) is 8.64. The van der Waals surface area contributed by atoms with Gasteiger partial charge in [-0.1, -0.05) is 43.7 Å². The van der Waals surface area contributed by atoms with Crippen molar-refractivity contribution in [2.24, 2.45) is 0 Å². The molecule has 0 aliphatic rings. The van der Waals surface area contributed by atoms with Crippen LogP contribution in [0.15, 0.2) is 73.3 Å². The summed E-state index contributed by atoms with van der Waals surface area (Å²) in [6, 6.07) is 19.2. The Bertz CT molecular complexity index is 1440. The third-order valence-electron chi connectivity index (χ3n) is 6.27. The van der Waals surface area contributed by atoms with Gasteiger partial charge in [-0.15, -0.1) is 11.3 Å². The van der Waals surface area contributed by atoms with Gasteiger partial charge in [0.1, 0.15) is 4.88 Å². The molecule has 34 heavy (non-hydrogen) atoms. The summed E-state index contributed by atoms with van der Waals surface area (Å²) in [6.45, 7) is 5.10. The van der Waals surface area contributed by atoms with E-state index < -0.39 is 5.97 Å². The molecule has 5 aromatic rings. The van der Waals surface area contributed by atoms with Crippen molar-refractivity contribution in [1.82, 2.24) is 14.1 Å². The molecule has 0 bridgehead atoms. The number of imidazole rings is 1. The molecule has 0 aliphatic heterocycles. The quantitative estimate of drug-likeness (QED) is 0.273. The van der Waals surface area contributed by atoms with E-state index >= 15 is 0 Å². The lowest BCUT2D eigenvalue weighted by Crippen LogP contribution is -2.04. The van der Waals surface area contributed by atoms with Crippen LogP contribution in [0.5, 0.6) is 0 Å². The van der Waals surface area contributed by atoms with Crippen molar-refractivity contribution in [3.63, 3.8) is 0 Å². The van der Waals surface area contributed by atoms with E-state index in [1.165, 1.54) is 28.0 Å². The number of aryl methyl sites for hydroxylation is 4. The van der Waals surface area contributed by atoms with Crippen LogP contribution in [0.2, 0.25) is 0 Å². The lowest BCUT2D eigenvalue weighted by molar-refractivity contribution is 0.0702. The van der Waals surface area contributed by atoms with Crippen molar-refractivity contribution in [2.45, 2.75) is 39.7 Å². The standard InChI is InChI=1S/C28H27N3O2S/c1-3-4-20-5-7-21(8-6-20)11-13-31-24(16-26-25(31)17-27(34-26)28(32)33)23-10-9-22(15-19(23)2)30-14-12-29-18-30/h5-10,12,14-18H,3-4,11,13H2,1-2H3,(H,32,33). The fourth-order valence-corrected chi connectivity index (χ4v) is 5.46. The van der Waals surface area contributed by atoms with E-state index in [4.69, 9.17) is 0 Å². The molecule has 0 saturated heterocycles. The van der Waals surface area contributed by atoms with E-state index in [1.807, 2.05) is 16.8 Å². The average molecular weight is 470 g/mol. The highest BCUT2D eigenvalue weighted by atomic mass is 32.1. The van der Waals surface area contributed by atoms with Crippen molar-refractivity contribution in [2.75, 3.05) is 0 Å². The number of rotatable bonds is 8. The van der Waals surface area contributed by atoms with E-state index in [9.17, 15) is 9.90 Å². The predicted molar refractivity (Wildman–Crippen MR) is 138 cm³/mol. The van der Waals surface area contributed by atoms with Crippen LogP contribution < -0.4 is 0 Å². The number of fused-ring (bicyclic) bond motifs is 1. The Morgan fingerprint density at radius 2 is 1.79 bits per heavy atom. The second-order valence-electron chi connectivity index (χ2n) is 8.63. The van der Waals surface area contributed by atoms with Crippen molar-refractivity contribution in [3.05, 3.63) is 94.9 Å². The first kappa shape index (κ1) is 22.2. The van der Waals surface area contributed by atoms with E-state index in [-0.39, 0.29) is 0 Å². The Labute approximate surface area is 202 Å². The SMILES string of the molecule is CCCc1ccc(CCn2c(-c3ccc(-n4ccnc4)cc3C)cc3sc(C(=O)O)cc32)cc1. The number of carboxylic acid groups (broad SMARTS) is 1. The summed E-state index contributed by atoms with van der Waals surface area (Å²) >= 11 is 1.34. The van der Waals surface area contributed by atoms with Crippen LogP contribution in [0.4, 0.5) is 0 Å². The van der Waals surface area contributed by atoms with E-state index in [0.717, 1.165) is 53.0 Å². The van der Waals surface area contributed by atoms with Crippen LogP contribution in [0.25, 0.3) is 27.2 Å². The Hall–Kier alpha value is -3.64. The maximum absolute atomic E-state index is 11.6. The minimum atomic E-state index is -0.873. The molecule has 0 saturated carbocycles. The van der Waals surface area contributed by atoms with Gasteiger partial charge >= 0.3 is 5.97 Å². The fraction of sp³-hybridized carbons (Fsp3) is 0.214. The fourth-order valence-electron chi connectivity index (χ4n) is 4.52. The lowest BCUT2D eigenvalue weighted by Gasteiger charge is -2.14. The van der Waals surface area contributed by atoms with Crippen molar-refractivity contribution >= 4 is 27.5 Å². The van der Waals surface area contributed by atoms with Crippen LogP contribution in [-0.4, -0.2) is 25.2 Å². The molecule has 5 nitrogen and oxygen atoms in total. The number of hydrogen-bond donors (Lipinski definition) is 1. The molecule has 0 amide bonds. The molecule has 0 spiro atoms. The highest BCUT2D eigenvalue weighted by Gasteiger charge is 2.18. The molecule has 2 aromatic carbocycles. The van der Waals surface area contributed by atoms with Crippen LogP contribution in [0, 0.1) is 6.92 Å². The number of aromatic carboxylic acids is 1. The monoisotopic (exact) mass is 469 g/mol. The van der Waals surface area contributed by atoms with E-state index in [0.29, 0.717) is 4.88 Å². The second kappa shape index (κ2) is 9.31. The second-order valence-corrected chi connectivity index (χ2v) is 9.72. The van der Waals surface area contributed by atoms with Crippen molar-refractivity contribution < 1.29 is 9.90 Å².